The fraction of sp³-hybridized carbons (Fsp3) is 0.200. The van der Waals surface area contributed by atoms with Crippen LogP contribution in [0.1, 0.15) is 34.6 Å². The first kappa shape index (κ1) is 25.3. The van der Waals surface area contributed by atoms with Gasteiger partial charge in [0.1, 0.15) is 0 Å². The lowest BCUT2D eigenvalue weighted by Gasteiger charge is -2.24. The summed E-state index contributed by atoms with van der Waals surface area (Å²) < 4.78 is 9.72. The number of fused-ring (bicyclic) bond motifs is 2. The molecule has 1 aliphatic heterocycles. The second-order valence-corrected chi connectivity index (χ2v) is 11.4. The molecule has 1 heterocycles. The number of hydrogen-bond donors (Lipinski definition) is 0. The van der Waals surface area contributed by atoms with Gasteiger partial charge in [0, 0.05) is 43.2 Å². The molecular formula is C20H14Cl2O6S4. The van der Waals surface area contributed by atoms with Gasteiger partial charge in [-0.25, -0.2) is 9.59 Å². The second-order valence-electron chi connectivity index (χ2n) is 6.16. The van der Waals surface area contributed by atoms with Crippen LogP contribution in [-0.4, -0.2) is 36.4 Å². The van der Waals surface area contributed by atoms with Crippen molar-refractivity contribution in [2.75, 3.05) is 14.2 Å². The zero-order valence-electron chi connectivity index (χ0n) is 17.0. The quantitative estimate of drug-likeness (QED) is 0.267. The molecule has 168 valence electrons. The minimum absolute atomic E-state index is 0.161. The minimum Gasteiger partial charge on any atom is -0.465 e. The number of carbonyl (C=O) groups excluding carboxylic acids is 4. The molecule has 3 rings (SSSR count). The average Bonchev–Trinajstić information content (AvgIpc) is 2.75. The summed E-state index contributed by atoms with van der Waals surface area (Å²) in [6.07, 6.45) is 0. The molecule has 0 saturated heterocycles. The van der Waals surface area contributed by atoms with Gasteiger partial charge in [0.05, 0.1) is 35.4 Å². The Balaban J connectivity index is 2.22. The van der Waals surface area contributed by atoms with E-state index in [0.29, 0.717) is 29.4 Å². The molecule has 0 bridgehead atoms. The molecule has 0 saturated carbocycles. The van der Waals surface area contributed by atoms with Crippen molar-refractivity contribution < 1.29 is 28.7 Å². The maximum Gasteiger partial charge on any atom is 0.339 e. The average molecular weight is 550 g/mol. The van der Waals surface area contributed by atoms with Crippen molar-refractivity contribution in [2.45, 2.75) is 43.2 Å². The number of thioether (sulfide) groups is 2. The fourth-order valence-electron chi connectivity index (χ4n) is 2.76. The summed E-state index contributed by atoms with van der Waals surface area (Å²) in [7, 11) is 2.48. The van der Waals surface area contributed by atoms with Crippen LogP contribution in [0.2, 0.25) is 10.0 Å². The van der Waals surface area contributed by atoms with Gasteiger partial charge in [-0.1, -0.05) is 46.7 Å². The van der Waals surface area contributed by atoms with Crippen molar-refractivity contribution in [1.82, 2.24) is 0 Å². The van der Waals surface area contributed by atoms with Crippen molar-refractivity contribution in [3.05, 3.63) is 33.3 Å². The van der Waals surface area contributed by atoms with Crippen LogP contribution in [0.3, 0.4) is 0 Å². The Labute approximate surface area is 210 Å². The van der Waals surface area contributed by atoms with E-state index in [4.69, 9.17) is 32.7 Å². The lowest BCUT2D eigenvalue weighted by molar-refractivity contribution is -0.109. The normalized spacial score (nSPS) is 11.9. The van der Waals surface area contributed by atoms with Gasteiger partial charge in [-0.15, -0.1) is 0 Å². The summed E-state index contributed by atoms with van der Waals surface area (Å²) in [6.45, 7) is 2.74. The zero-order valence-corrected chi connectivity index (χ0v) is 21.8. The molecule has 0 N–H and O–H groups in total. The molecular weight excluding hydrogens is 535 g/mol. The topological polar surface area (TPSA) is 86.7 Å². The number of esters is 2. The summed E-state index contributed by atoms with van der Waals surface area (Å²) in [6, 6.07) is 3.20. The van der Waals surface area contributed by atoms with Crippen LogP contribution < -0.4 is 0 Å². The molecule has 0 amide bonds. The van der Waals surface area contributed by atoms with Gasteiger partial charge in [-0.3, -0.25) is 9.59 Å². The number of halogens is 2. The highest BCUT2D eigenvalue weighted by molar-refractivity contribution is 8.14. The van der Waals surface area contributed by atoms with Crippen molar-refractivity contribution in [3.63, 3.8) is 0 Å². The van der Waals surface area contributed by atoms with Crippen molar-refractivity contribution in [3.8, 4) is 0 Å². The molecule has 0 radical (unpaired) electrons. The zero-order chi connectivity index (χ0) is 23.7. The van der Waals surface area contributed by atoms with Crippen molar-refractivity contribution in [1.29, 1.82) is 0 Å². The summed E-state index contributed by atoms with van der Waals surface area (Å²) in [5.41, 5.74) is 0.322. The monoisotopic (exact) mass is 548 g/mol. The van der Waals surface area contributed by atoms with Gasteiger partial charge in [0.2, 0.25) is 0 Å². The predicted molar refractivity (Wildman–Crippen MR) is 127 cm³/mol. The van der Waals surface area contributed by atoms with Crippen molar-refractivity contribution in [2.24, 2.45) is 0 Å². The molecule has 0 unspecified atom stereocenters. The summed E-state index contributed by atoms with van der Waals surface area (Å²) in [5, 5.41) is -0.0334. The van der Waals surface area contributed by atoms with Crippen LogP contribution in [0.15, 0.2) is 41.5 Å². The van der Waals surface area contributed by atoms with E-state index in [0.717, 1.165) is 23.5 Å². The standard InChI is InChI=1S/C20H14Cl2O6S4/c1-7(23)29-15-9(19(25)27-3)5-11-17(13(15)21)31-12-6-10(20(26)28-4)16(30-8(2)24)14(22)18(12)32-11/h5-6H,1-4H3. The van der Waals surface area contributed by atoms with E-state index in [1.165, 1.54) is 51.6 Å². The Kier molecular flexibility index (Phi) is 8.16. The number of ether oxygens (including phenoxy) is 2. The summed E-state index contributed by atoms with van der Waals surface area (Å²) in [5.74, 6) is -1.26. The van der Waals surface area contributed by atoms with E-state index in [2.05, 4.69) is 0 Å². The van der Waals surface area contributed by atoms with Gasteiger partial charge in [-0.2, -0.15) is 0 Å². The summed E-state index contributed by atoms with van der Waals surface area (Å²) >= 11 is 17.4. The van der Waals surface area contributed by atoms with Crippen LogP contribution in [0.25, 0.3) is 0 Å². The SMILES string of the molecule is COC(=O)c1cc2c(c(Cl)c1SC(C)=O)Sc1cc(C(=O)OC)c(SC(C)=O)c(Cl)c1S2. The minimum atomic E-state index is -0.630. The number of rotatable bonds is 4. The van der Waals surface area contributed by atoms with Crippen molar-refractivity contribution >= 4 is 92.4 Å². The molecule has 1 aliphatic rings. The highest BCUT2D eigenvalue weighted by Gasteiger charge is 2.31. The fourth-order valence-corrected chi connectivity index (χ4v) is 7.71. The van der Waals surface area contributed by atoms with E-state index in [9.17, 15) is 19.2 Å². The van der Waals surface area contributed by atoms with Gasteiger partial charge in [-0.05, 0) is 35.7 Å². The smallest absolute Gasteiger partial charge is 0.339 e. The Hall–Kier alpha value is -1.30. The van der Waals surface area contributed by atoms with Gasteiger partial charge >= 0.3 is 11.9 Å². The van der Waals surface area contributed by atoms with Gasteiger partial charge < -0.3 is 9.47 Å². The second kappa shape index (κ2) is 10.3. The number of hydrogen-bond acceptors (Lipinski definition) is 10. The van der Waals surface area contributed by atoms with E-state index in [-0.39, 0.29) is 31.4 Å². The molecule has 2 aromatic rings. The molecule has 6 nitrogen and oxygen atoms in total. The third-order valence-corrected chi connectivity index (χ3v) is 9.65. The number of benzene rings is 2. The molecule has 0 spiro atoms. The third-order valence-electron chi connectivity index (χ3n) is 4.01. The van der Waals surface area contributed by atoms with E-state index in [1.807, 2.05) is 0 Å². The highest BCUT2D eigenvalue weighted by atomic mass is 35.5. The van der Waals surface area contributed by atoms with Crippen LogP contribution >= 0.6 is 70.2 Å². The molecule has 32 heavy (non-hydrogen) atoms. The molecule has 0 atom stereocenters. The van der Waals surface area contributed by atoms with Gasteiger partial charge in [0.15, 0.2) is 10.2 Å². The van der Waals surface area contributed by atoms with Crippen LogP contribution in [-0.2, 0) is 19.1 Å². The number of carbonyl (C=O) groups is 4. The maximum atomic E-state index is 12.4. The van der Waals surface area contributed by atoms with Crippen LogP contribution in [0.4, 0.5) is 0 Å². The Morgan fingerprint density at radius 3 is 1.38 bits per heavy atom. The maximum absolute atomic E-state index is 12.4. The molecule has 2 aromatic carbocycles. The van der Waals surface area contributed by atoms with Crippen LogP contribution in [0.5, 0.6) is 0 Å². The number of methoxy groups -OCH3 is 2. The van der Waals surface area contributed by atoms with E-state index < -0.39 is 11.9 Å². The van der Waals surface area contributed by atoms with Gasteiger partial charge in [0.25, 0.3) is 0 Å². The Morgan fingerprint density at radius 1 is 0.750 bits per heavy atom. The molecule has 0 fully saturated rings. The molecule has 0 aromatic heterocycles. The van der Waals surface area contributed by atoms with Crippen LogP contribution in [0, 0.1) is 0 Å². The Morgan fingerprint density at radius 2 is 1.09 bits per heavy atom. The first-order valence-electron chi connectivity index (χ1n) is 8.71. The lowest BCUT2D eigenvalue weighted by Crippen LogP contribution is -2.08. The molecule has 0 aliphatic carbocycles. The Bertz CT molecular complexity index is 1090. The largest absolute Gasteiger partial charge is 0.465 e. The lowest BCUT2D eigenvalue weighted by atomic mass is 10.2. The highest BCUT2D eigenvalue weighted by Crippen LogP contribution is 2.57. The predicted octanol–water partition coefficient (Wildman–Crippen LogP) is 6.46. The molecule has 12 heteroatoms. The first-order chi connectivity index (χ1) is 15.1. The third kappa shape index (κ3) is 4.95. The first-order valence-corrected chi connectivity index (χ1v) is 12.7. The van der Waals surface area contributed by atoms with E-state index in [1.54, 1.807) is 12.1 Å². The summed E-state index contributed by atoms with van der Waals surface area (Å²) in [4.78, 5) is 51.3. The van der Waals surface area contributed by atoms with E-state index >= 15 is 0 Å².